The van der Waals surface area contributed by atoms with Crippen molar-refractivity contribution in [2.24, 2.45) is 0 Å². The molecule has 0 atom stereocenters. The standard InChI is InChI=1S/C12H19NO3/c1-13(7-9-14)8-10-16-12-6-4-3-5-11(12)15-2/h3-6,14H,7-10H2,1-2H3. The minimum atomic E-state index is 0.172. The predicted molar refractivity (Wildman–Crippen MR) is 63.1 cm³/mol. The fraction of sp³-hybridized carbons (Fsp3) is 0.500. The summed E-state index contributed by atoms with van der Waals surface area (Å²) in [5, 5.41) is 8.73. The Hall–Kier alpha value is -1.26. The molecular formula is C12H19NO3. The molecule has 0 saturated carbocycles. The lowest BCUT2D eigenvalue weighted by Crippen LogP contribution is -2.27. The van der Waals surface area contributed by atoms with E-state index in [1.807, 2.05) is 36.2 Å². The van der Waals surface area contributed by atoms with Crippen molar-refractivity contribution >= 4 is 0 Å². The molecule has 1 N–H and O–H groups in total. The van der Waals surface area contributed by atoms with Crippen LogP contribution in [0.5, 0.6) is 11.5 Å². The number of aliphatic hydroxyl groups is 1. The molecule has 1 aromatic rings. The van der Waals surface area contributed by atoms with Gasteiger partial charge in [0.05, 0.1) is 13.7 Å². The van der Waals surface area contributed by atoms with Crippen molar-refractivity contribution in [2.45, 2.75) is 0 Å². The van der Waals surface area contributed by atoms with Crippen LogP contribution in [0.2, 0.25) is 0 Å². The number of ether oxygens (including phenoxy) is 2. The molecule has 90 valence electrons. The first-order valence-electron chi connectivity index (χ1n) is 5.33. The van der Waals surface area contributed by atoms with Crippen molar-refractivity contribution in [3.63, 3.8) is 0 Å². The van der Waals surface area contributed by atoms with Crippen molar-refractivity contribution in [1.29, 1.82) is 0 Å². The number of rotatable bonds is 7. The Morgan fingerprint density at radius 1 is 1.19 bits per heavy atom. The molecule has 0 aliphatic carbocycles. The maximum absolute atomic E-state index is 8.73. The summed E-state index contributed by atoms with van der Waals surface area (Å²) in [7, 11) is 3.57. The van der Waals surface area contributed by atoms with Crippen molar-refractivity contribution < 1.29 is 14.6 Å². The van der Waals surface area contributed by atoms with E-state index in [9.17, 15) is 0 Å². The Morgan fingerprint density at radius 2 is 1.88 bits per heavy atom. The van der Waals surface area contributed by atoms with E-state index >= 15 is 0 Å². The van der Waals surface area contributed by atoms with E-state index < -0.39 is 0 Å². The van der Waals surface area contributed by atoms with E-state index in [4.69, 9.17) is 14.6 Å². The van der Waals surface area contributed by atoms with E-state index in [1.54, 1.807) is 7.11 Å². The van der Waals surface area contributed by atoms with E-state index in [0.717, 1.165) is 18.0 Å². The minimum Gasteiger partial charge on any atom is -0.493 e. The van der Waals surface area contributed by atoms with Crippen LogP contribution in [-0.4, -0.2) is 50.5 Å². The smallest absolute Gasteiger partial charge is 0.161 e. The first-order valence-corrected chi connectivity index (χ1v) is 5.33. The van der Waals surface area contributed by atoms with Crippen molar-refractivity contribution in [2.75, 3.05) is 40.5 Å². The largest absolute Gasteiger partial charge is 0.493 e. The van der Waals surface area contributed by atoms with E-state index in [1.165, 1.54) is 0 Å². The molecule has 0 aromatic heterocycles. The molecular weight excluding hydrogens is 206 g/mol. The highest BCUT2D eigenvalue weighted by Crippen LogP contribution is 2.25. The minimum absolute atomic E-state index is 0.172. The molecule has 0 radical (unpaired) electrons. The molecule has 4 heteroatoms. The van der Waals surface area contributed by atoms with Gasteiger partial charge in [-0.25, -0.2) is 0 Å². The van der Waals surface area contributed by atoms with Gasteiger partial charge in [0.15, 0.2) is 11.5 Å². The van der Waals surface area contributed by atoms with Gasteiger partial charge in [0.25, 0.3) is 0 Å². The van der Waals surface area contributed by atoms with Gasteiger partial charge in [0.2, 0.25) is 0 Å². The molecule has 0 bridgehead atoms. The summed E-state index contributed by atoms with van der Waals surface area (Å²) in [6, 6.07) is 7.57. The Morgan fingerprint density at radius 3 is 2.50 bits per heavy atom. The Labute approximate surface area is 96.4 Å². The number of hydrogen-bond donors (Lipinski definition) is 1. The summed E-state index contributed by atoms with van der Waals surface area (Å²) in [5.74, 6) is 1.50. The highest BCUT2D eigenvalue weighted by atomic mass is 16.5. The maximum Gasteiger partial charge on any atom is 0.161 e. The fourth-order valence-corrected chi connectivity index (χ4v) is 1.33. The van der Waals surface area contributed by atoms with Gasteiger partial charge in [-0.2, -0.15) is 0 Å². The second kappa shape index (κ2) is 7.09. The van der Waals surface area contributed by atoms with Gasteiger partial charge in [-0.3, -0.25) is 0 Å². The highest BCUT2D eigenvalue weighted by molar-refractivity contribution is 5.39. The van der Waals surface area contributed by atoms with E-state index in [-0.39, 0.29) is 6.61 Å². The van der Waals surface area contributed by atoms with Gasteiger partial charge in [-0.1, -0.05) is 12.1 Å². The Kier molecular flexibility index (Phi) is 5.67. The third-order valence-electron chi connectivity index (χ3n) is 2.28. The normalized spacial score (nSPS) is 10.5. The summed E-state index contributed by atoms with van der Waals surface area (Å²) in [6.45, 7) is 2.19. The van der Waals surface area contributed by atoms with Gasteiger partial charge < -0.3 is 19.5 Å². The first-order chi connectivity index (χ1) is 7.77. The third kappa shape index (κ3) is 4.08. The zero-order valence-electron chi connectivity index (χ0n) is 9.85. The lowest BCUT2D eigenvalue weighted by molar-refractivity contribution is 0.190. The number of benzene rings is 1. The lowest BCUT2D eigenvalue weighted by Gasteiger charge is -2.16. The number of likely N-dealkylation sites (N-methyl/N-ethyl adjacent to an activating group) is 1. The molecule has 0 saturated heterocycles. The van der Waals surface area contributed by atoms with Gasteiger partial charge >= 0.3 is 0 Å². The van der Waals surface area contributed by atoms with Crippen LogP contribution in [0.4, 0.5) is 0 Å². The van der Waals surface area contributed by atoms with Crippen LogP contribution in [0, 0.1) is 0 Å². The molecule has 1 rings (SSSR count). The predicted octanol–water partition coefficient (Wildman–Crippen LogP) is 0.998. The fourth-order valence-electron chi connectivity index (χ4n) is 1.33. The Balaban J connectivity index is 2.36. The lowest BCUT2D eigenvalue weighted by atomic mass is 10.3. The summed E-state index contributed by atoms with van der Waals surface area (Å²) in [6.07, 6.45) is 0. The van der Waals surface area contributed by atoms with Crippen LogP contribution in [-0.2, 0) is 0 Å². The van der Waals surface area contributed by atoms with Crippen LogP contribution >= 0.6 is 0 Å². The van der Waals surface area contributed by atoms with Crippen LogP contribution in [0.25, 0.3) is 0 Å². The topological polar surface area (TPSA) is 41.9 Å². The SMILES string of the molecule is COc1ccccc1OCCN(C)CCO. The van der Waals surface area contributed by atoms with Gasteiger partial charge in [0.1, 0.15) is 6.61 Å². The summed E-state index contributed by atoms with van der Waals surface area (Å²) < 4.78 is 10.8. The van der Waals surface area contributed by atoms with Crippen LogP contribution in [0.3, 0.4) is 0 Å². The summed E-state index contributed by atoms with van der Waals surface area (Å²) >= 11 is 0. The molecule has 0 aliphatic heterocycles. The summed E-state index contributed by atoms with van der Waals surface area (Å²) in [5.41, 5.74) is 0. The number of nitrogens with zero attached hydrogens (tertiary/aromatic N) is 1. The molecule has 0 aliphatic rings. The summed E-state index contributed by atoms with van der Waals surface area (Å²) in [4.78, 5) is 2.01. The second-order valence-electron chi connectivity index (χ2n) is 3.53. The molecule has 0 unspecified atom stereocenters. The third-order valence-corrected chi connectivity index (χ3v) is 2.28. The quantitative estimate of drug-likeness (QED) is 0.751. The van der Waals surface area contributed by atoms with Crippen molar-refractivity contribution in [3.05, 3.63) is 24.3 Å². The average Bonchev–Trinajstić information content (AvgIpc) is 2.30. The number of methoxy groups -OCH3 is 1. The molecule has 1 aromatic carbocycles. The average molecular weight is 225 g/mol. The van der Waals surface area contributed by atoms with E-state index in [0.29, 0.717) is 13.2 Å². The van der Waals surface area contributed by atoms with Crippen molar-refractivity contribution in [1.82, 2.24) is 4.90 Å². The molecule has 16 heavy (non-hydrogen) atoms. The highest BCUT2D eigenvalue weighted by Gasteiger charge is 2.03. The maximum atomic E-state index is 8.73. The van der Waals surface area contributed by atoms with Gasteiger partial charge in [-0.05, 0) is 19.2 Å². The molecule has 4 nitrogen and oxygen atoms in total. The number of para-hydroxylation sites is 2. The zero-order chi connectivity index (χ0) is 11.8. The van der Waals surface area contributed by atoms with Crippen LogP contribution in [0.15, 0.2) is 24.3 Å². The molecule has 0 fully saturated rings. The zero-order valence-corrected chi connectivity index (χ0v) is 9.85. The van der Waals surface area contributed by atoms with Crippen LogP contribution < -0.4 is 9.47 Å². The molecule has 0 spiro atoms. The molecule has 0 amide bonds. The second-order valence-corrected chi connectivity index (χ2v) is 3.53. The monoisotopic (exact) mass is 225 g/mol. The van der Waals surface area contributed by atoms with E-state index in [2.05, 4.69) is 0 Å². The number of aliphatic hydroxyl groups excluding tert-OH is 1. The van der Waals surface area contributed by atoms with Gasteiger partial charge in [0, 0.05) is 13.1 Å². The Bertz CT molecular complexity index is 304. The van der Waals surface area contributed by atoms with Crippen molar-refractivity contribution in [3.8, 4) is 11.5 Å². The van der Waals surface area contributed by atoms with Crippen LogP contribution in [0.1, 0.15) is 0 Å². The van der Waals surface area contributed by atoms with Gasteiger partial charge in [-0.15, -0.1) is 0 Å². The number of hydrogen-bond acceptors (Lipinski definition) is 4. The first kappa shape index (κ1) is 12.8. The molecule has 0 heterocycles.